The fourth-order valence-corrected chi connectivity index (χ4v) is 3.18. The lowest BCUT2D eigenvalue weighted by atomic mass is 10.0. The molecule has 3 heteroatoms. The van der Waals surface area contributed by atoms with E-state index in [0.717, 1.165) is 13.0 Å². The second-order valence-corrected chi connectivity index (χ2v) is 6.06. The maximum absolute atomic E-state index is 9.36. The third kappa shape index (κ3) is 3.31. The van der Waals surface area contributed by atoms with Gasteiger partial charge in [0.2, 0.25) is 0 Å². The molecule has 0 aliphatic rings. The second-order valence-electron chi connectivity index (χ2n) is 5.15. The smallest absolute Gasteiger partial charge is 0.0584 e. The van der Waals surface area contributed by atoms with Gasteiger partial charge >= 0.3 is 0 Å². The zero-order chi connectivity index (χ0) is 13.0. The van der Waals surface area contributed by atoms with Crippen LogP contribution in [-0.4, -0.2) is 17.8 Å². The Morgan fingerprint density at radius 3 is 2.78 bits per heavy atom. The molecule has 2 rings (SSSR count). The van der Waals surface area contributed by atoms with Gasteiger partial charge in [0.1, 0.15) is 0 Å². The monoisotopic (exact) mass is 263 g/mol. The molecule has 0 aliphatic carbocycles. The summed E-state index contributed by atoms with van der Waals surface area (Å²) in [7, 11) is 0. The SMILES string of the molecule is CC(C)CC(CO)NCc1csc2ccccc12. The molecule has 1 atom stereocenters. The average molecular weight is 263 g/mol. The summed E-state index contributed by atoms with van der Waals surface area (Å²) in [5.74, 6) is 0.605. The van der Waals surface area contributed by atoms with Gasteiger partial charge in [-0.25, -0.2) is 0 Å². The number of nitrogens with one attached hydrogen (secondary N) is 1. The highest BCUT2D eigenvalue weighted by Gasteiger charge is 2.10. The van der Waals surface area contributed by atoms with Crippen molar-refractivity contribution in [2.24, 2.45) is 5.92 Å². The Hall–Kier alpha value is -0.900. The molecular weight excluding hydrogens is 242 g/mol. The molecule has 18 heavy (non-hydrogen) atoms. The lowest BCUT2D eigenvalue weighted by Gasteiger charge is -2.18. The summed E-state index contributed by atoms with van der Waals surface area (Å²) in [5, 5.41) is 16.3. The molecule has 0 radical (unpaired) electrons. The topological polar surface area (TPSA) is 32.3 Å². The number of thiophene rings is 1. The van der Waals surface area contributed by atoms with Crippen LogP contribution in [-0.2, 0) is 6.54 Å². The van der Waals surface area contributed by atoms with Crippen molar-refractivity contribution in [1.82, 2.24) is 5.32 Å². The Morgan fingerprint density at radius 2 is 2.06 bits per heavy atom. The Morgan fingerprint density at radius 1 is 1.28 bits per heavy atom. The van der Waals surface area contributed by atoms with Gasteiger partial charge in [0, 0.05) is 17.3 Å². The van der Waals surface area contributed by atoms with Gasteiger partial charge in [0.05, 0.1) is 6.61 Å². The lowest BCUT2D eigenvalue weighted by Crippen LogP contribution is -2.33. The first-order valence-electron chi connectivity index (χ1n) is 6.50. The molecule has 1 heterocycles. The highest BCUT2D eigenvalue weighted by atomic mass is 32.1. The molecular formula is C15H21NOS. The first-order valence-corrected chi connectivity index (χ1v) is 7.38. The molecule has 2 N–H and O–H groups in total. The molecule has 2 nitrogen and oxygen atoms in total. The van der Waals surface area contributed by atoms with Crippen molar-refractivity contribution in [3.8, 4) is 0 Å². The zero-order valence-electron chi connectivity index (χ0n) is 11.0. The van der Waals surface area contributed by atoms with Crippen LogP contribution in [0, 0.1) is 5.92 Å². The predicted molar refractivity (Wildman–Crippen MR) is 79.0 cm³/mol. The maximum Gasteiger partial charge on any atom is 0.0584 e. The Labute approximate surface area is 113 Å². The van der Waals surface area contributed by atoms with Crippen LogP contribution >= 0.6 is 11.3 Å². The van der Waals surface area contributed by atoms with Gasteiger partial charge in [-0.2, -0.15) is 0 Å². The van der Waals surface area contributed by atoms with Crippen LogP contribution in [0.1, 0.15) is 25.8 Å². The van der Waals surface area contributed by atoms with E-state index in [9.17, 15) is 5.11 Å². The molecule has 0 aliphatic heterocycles. The van der Waals surface area contributed by atoms with Gasteiger partial charge < -0.3 is 10.4 Å². The molecule has 2 aromatic rings. The number of aliphatic hydroxyl groups is 1. The minimum atomic E-state index is 0.198. The van der Waals surface area contributed by atoms with Crippen molar-refractivity contribution < 1.29 is 5.11 Å². The largest absolute Gasteiger partial charge is 0.395 e. The fraction of sp³-hybridized carbons (Fsp3) is 0.467. The Bertz CT molecular complexity index is 492. The summed E-state index contributed by atoms with van der Waals surface area (Å²) >= 11 is 1.78. The zero-order valence-corrected chi connectivity index (χ0v) is 11.8. The van der Waals surface area contributed by atoms with E-state index in [2.05, 4.69) is 48.8 Å². The van der Waals surface area contributed by atoms with Crippen LogP contribution in [0.25, 0.3) is 10.1 Å². The molecule has 98 valence electrons. The molecule has 0 saturated heterocycles. The van der Waals surface area contributed by atoms with Crippen LogP contribution in [0.2, 0.25) is 0 Å². The average Bonchev–Trinajstić information content (AvgIpc) is 2.77. The van der Waals surface area contributed by atoms with Gasteiger partial charge in [-0.3, -0.25) is 0 Å². The van der Waals surface area contributed by atoms with Crippen molar-refractivity contribution in [2.75, 3.05) is 6.61 Å². The number of benzene rings is 1. The Kier molecular flexibility index (Phi) is 4.75. The van der Waals surface area contributed by atoms with Crippen LogP contribution in [0.4, 0.5) is 0 Å². The van der Waals surface area contributed by atoms with Crippen LogP contribution in [0.5, 0.6) is 0 Å². The van der Waals surface area contributed by atoms with Crippen LogP contribution < -0.4 is 5.32 Å². The van der Waals surface area contributed by atoms with Crippen LogP contribution in [0.3, 0.4) is 0 Å². The van der Waals surface area contributed by atoms with Crippen molar-refractivity contribution in [3.05, 3.63) is 35.2 Å². The number of hydrogen-bond acceptors (Lipinski definition) is 3. The number of fused-ring (bicyclic) bond motifs is 1. The molecule has 1 aromatic carbocycles. The van der Waals surface area contributed by atoms with Gasteiger partial charge in [0.25, 0.3) is 0 Å². The van der Waals surface area contributed by atoms with Crippen molar-refractivity contribution >= 4 is 21.4 Å². The first-order chi connectivity index (χ1) is 8.70. The van der Waals surface area contributed by atoms with E-state index in [1.165, 1.54) is 15.6 Å². The quantitative estimate of drug-likeness (QED) is 0.837. The van der Waals surface area contributed by atoms with Crippen molar-refractivity contribution in [1.29, 1.82) is 0 Å². The molecule has 1 aromatic heterocycles. The molecule has 0 saturated carbocycles. The third-order valence-electron chi connectivity index (χ3n) is 3.12. The fourth-order valence-electron chi connectivity index (χ4n) is 2.22. The van der Waals surface area contributed by atoms with Crippen molar-refractivity contribution in [2.45, 2.75) is 32.9 Å². The molecule has 0 fully saturated rings. The molecule has 1 unspecified atom stereocenters. The minimum Gasteiger partial charge on any atom is -0.395 e. The summed E-state index contributed by atoms with van der Waals surface area (Å²) in [6.07, 6.45) is 1.01. The number of rotatable bonds is 6. The van der Waals surface area contributed by atoms with E-state index in [4.69, 9.17) is 0 Å². The van der Waals surface area contributed by atoms with E-state index in [-0.39, 0.29) is 12.6 Å². The summed E-state index contributed by atoms with van der Waals surface area (Å²) in [5.41, 5.74) is 1.33. The third-order valence-corrected chi connectivity index (χ3v) is 4.13. The van der Waals surface area contributed by atoms with E-state index < -0.39 is 0 Å². The summed E-state index contributed by atoms with van der Waals surface area (Å²) < 4.78 is 1.33. The van der Waals surface area contributed by atoms with E-state index in [0.29, 0.717) is 5.92 Å². The highest BCUT2D eigenvalue weighted by Crippen LogP contribution is 2.25. The van der Waals surface area contributed by atoms with E-state index in [1.54, 1.807) is 11.3 Å². The van der Waals surface area contributed by atoms with Gasteiger partial charge in [-0.05, 0) is 34.7 Å². The van der Waals surface area contributed by atoms with Gasteiger partial charge in [-0.15, -0.1) is 11.3 Å². The van der Waals surface area contributed by atoms with E-state index in [1.807, 2.05) is 0 Å². The summed E-state index contributed by atoms with van der Waals surface area (Å²) in [4.78, 5) is 0. The number of hydrogen-bond donors (Lipinski definition) is 2. The van der Waals surface area contributed by atoms with Gasteiger partial charge in [-0.1, -0.05) is 32.0 Å². The lowest BCUT2D eigenvalue weighted by molar-refractivity contribution is 0.223. The standard InChI is InChI=1S/C15H21NOS/c1-11(2)7-13(9-17)16-8-12-10-18-15-6-4-3-5-14(12)15/h3-6,10-11,13,16-17H,7-9H2,1-2H3. The maximum atomic E-state index is 9.36. The second kappa shape index (κ2) is 6.32. The molecule has 0 bridgehead atoms. The van der Waals surface area contributed by atoms with E-state index >= 15 is 0 Å². The number of aliphatic hydroxyl groups excluding tert-OH is 1. The summed E-state index contributed by atoms with van der Waals surface area (Å²) in [6.45, 7) is 5.41. The Balaban J connectivity index is 2.01. The molecule has 0 amide bonds. The van der Waals surface area contributed by atoms with Crippen molar-refractivity contribution in [3.63, 3.8) is 0 Å². The molecule has 0 spiro atoms. The first kappa shape index (κ1) is 13.5. The van der Waals surface area contributed by atoms with Gasteiger partial charge in [0.15, 0.2) is 0 Å². The van der Waals surface area contributed by atoms with Crippen LogP contribution in [0.15, 0.2) is 29.6 Å². The minimum absolute atomic E-state index is 0.198. The predicted octanol–water partition coefficient (Wildman–Crippen LogP) is 3.40. The normalized spacial score (nSPS) is 13.3. The summed E-state index contributed by atoms with van der Waals surface area (Å²) in [6, 6.07) is 8.67. The highest BCUT2D eigenvalue weighted by molar-refractivity contribution is 7.17.